The molecule has 0 bridgehead atoms. The van der Waals surface area contributed by atoms with Crippen LogP contribution in [0.4, 0.5) is 5.13 Å². The van der Waals surface area contributed by atoms with Crippen LogP contribution in [-0.2, 0) is 0 Å². The van der Waals surface area contributed by atoms with E-state index >= 15 is 0 Å². The molecule has 0 aliphatic heterocycles. The van der Waals surface area contributed by atoms with Crippen LogP contribution in [0.2, 0.25) is 0 Å². The number of furan rings is 1. The third-order valence-electron chi connectivity index (χ3n) is 2.81. The van der Waals surface area contributed by atoms with E-state index in [1.165, 1.54) is 11.5 Å². The van der Waals surface area contributed by atoms with Crippen molar-refractivity contribution in [2.24, 2.45) is 5.92 Å². The van der Waals surface area contributed by atoms with Gasteiger partial charge in [0.2, 0.25) is 5.13 Å². The summed E-state index contributed by atoms with van der Waals surface area (Å²) in [7, 11) is 0. The minimum Gasteiger partial charge on any atom is -0.464 e. The van der Waals surface area contributed by atoms with Crippen LogP contribution in [0.1, 0.15) is 13.8 Å². The number of hydrogen-bond acceptors (Lipinski definition) is 5. The number of rotatable bonds is 4. The zero-order valence-corrected chi connectivity index (χ0v) is 11.7. The largest absolute Gasteiger partial charge is 0.464 e. The summed E-state index contributed by atoms with van der Waals surface area (Å²) in [5, 5.41) is 5.20. The van der Waals surface area contributed by atoms with Crippen LogP contribution >= 0.6 is 11.5 Å². The van der Waals surface area contributed by atoms with Crippen molar-refractivity contribution >= 4 is 27.6 Å². The molecule has 0 radical (unpaired) electrons. The molecule has 5 heteroatoms. The Labute approximate surface area is 115 Å². The van der Waals surface area contributed by atoms with Gasteiger partial charge in [-0.1, -0.05) is 32.0 Å². The van der Waals surface area contributed by atoms with Crippen molar-refractivity contribution in [3.05, 3.63) is 30.5 Å². The Morgan fingerprint density at radius 1 is 1.32 bits per heavy atom. The lowest BCUT2D eigenvalue weighted by Gasteiger charge is -2.03. The summed E-state index contributed by atoms with van der Waals surface area (Å²) in [5.74, 6) is 1.31. The van der Waals surface area contributed by atoms with E-state index in [0.29, 0.717) is 5.92 Å². The number of hydrogen-bond donors (Lipinski definition) is 1. The molecule has 0 amide bonds. The van der Waals surface area contributed by atoms with Crippen molar-refractivity contribution in [2.45, 2.75) is 13.8 Å². The lowest BCUT2D eigenvalue weighted by Crippen LogP contribution is -2.07. The van der Waals surface area contributed by atoms with E-state index in [4.69, 9.17) is 4.42 Å². The van der Waals surface area contributed by atoms with Gasteiger partial charge in [0.05, 0.1) is 5.56 Å². The molecule has 0 unspecified atom stereocenters. The molecule has 98 valence electrons. The third kappa shape index (κ3) is 2.46. The molecule has 19 heavy (non-hydrogen) atoms. The standard InChI is InChI=1S/C14H15N3OS/c1-9(2)7-15-14-16-13(17-19-14)11-8-18-12-6-4-3-5-10(11)12/h3-6,8-9H,7H2,1-2H3,(H,15,16,17). The molecule has 0 saturated heterocycles. The predicted molar refractivity (Wildman–Crippen MR) is 78.4 cm³/mol. The van der Waals surface area contributed by atoms with Crippen LogP contribution in [0.15, 0.2) is 34.9 Å². The summed E-state index contributed by atoms with van der Waals surface area (Å²) in [6.07, 6.45) is 1.72. The van der Waals surface area contributed by atoms with Gasteiger partial charge >= 0.3 is 0 Å². The second-order valence-corrected chi connectivity index (χ2v) is 5.60. The average molecular weight is 273 g/mol. The fraction of sp³-hybridized carbons (Fsp3) is 0.286. The van der Waals surface area contributed by atoms with Gasteiger partial charge in [-0.25, -0.2) is 0 Å². The van der Waals surface area contributed by atoms with Gasteiger partial charge in [0.15, 0.2) is 5.82 Å². The van der Waals surface area contributed by atoms with Gasteiger partial charge in [-0.3, -0.25) is 0 Å². The molecule has 2 heterocycles. The topological polar surface area (TPSA) is 51.0 Å². The highest BCUT2D eigenvalue weighted by Crippen LogP contribution is 2.30. The fourth-order valence-electron chi connectivity index (χ4n) is 1.85. The Hall–Kier alpha value is -1.88. The SMILES string of the molecule is CC(C)CNc1nc(-c2coc3ccccc23)ns1. The highest BCUT2D eigenvalue weighted by molar-refractivity contribution is 7.09. The molecule has 1 aromatic carbocycles. The molecule has 4 nitrogen and oxygen atoms in total. The maximum atomic E-state index is 5.52. The minimum absolute atomic E-state index is 0.585. The summed E-state index contributed by atoms with van der Waals surface area (Å²) in [5.41, 5.74) is 1.81. The first-order valence-electron chi connectivity index (χ1n) is 6.28. The van der Waals surface area contributed by atoms with Gasteiger partial charge in [0.25, 0.3) is 0 Å². The molecular formula is C14H15N3OS. The van der Waals surface area contributed by atoms with Crippen LogP contribution in [-0.4, -0.2) is 15.9 Å². The molecule has 0 aliphatic carbocycles. The van der Waals surface area contributed by atoms with Crippen LogP contribution in [0.25, 0.3) is 22.4 Å². The van der Waals surface area contributed by atoms with Gasteiger partial charge in [-0.2, -0.15) is 9.36 Å². The summed E-state index contributed by atoms with van der Waals surface area (Å²) in [6, 6.07) is 7.92. The first kappa shape index (κ1) is 12.2. The smallest absolute Gasteiger partial charge is 0.202 e. The molecule has 3 rings (SSSR count). The molecule has 2 aromatic heterocycles. The highest BCUT2D eigenvalue weighted by atomic mass is 32.1. The van der Waals surface area contributed by atoms with Crippen molar-refractivity contribution < 1.29 is 4.42 Å². The molecule has 0 saturated carbocycles. The van der Waals surface area contributed by atoms with Crippen molar-refractivity contribution in [2.75, 3.05) is 11.9 Å². The Bertz CT molecular complexity index is 687. The number of para-hydroxylation sites is 1. The maximum absolute atomic E-state index is 5.52. The first-order chi connectivity index (χ1) is 9.24. The van der Waals surface area contributed by atoms with Crippen LogP contribution < -0.4 is 5.32 Å². The first-order valence-corrected chi connectivity index (χ1v) is 7.05. The van der Waals surface area contributed by atoms with Crippen LogP contribution in [0, 0.1) is 5.92 Å². The zero-order valence-electron chi connectivity index (χ0n) is 10.9. The van der Waals surface area contributed by atoms with E-state index in [1.807, 2.05) is 24.3 Å². The second kappa shape index (κ2) is 5.01. The Morgan fingerprint density at radius 3 is 3.00 bits per heavy atom. The summed E-state index contributed by atoms with van der Waals surface area (Å²) in [6.45, 7) is 5.23. The molecule has 0 fully saturated rings. The van der Waals surface area contributed by atoms with E-state index < -0.39 is 0 Å². The van der Waals surface area contributed by atoms with Gasteiger partial charge < -0.3 is 9.73 Å². The predicted octanol–water partition coefficient (Wildman–Crippen LogP) is 4.02. The monoisotopic (exact) mass is 273 g/mol. The molecule has 0 spiro atoms. The van der Waals surface area contributed by atoms with Gasteiger partial charge in [0.1, 0.15) is 11.8 Å². The fourth-order valence-corrected chi connectivity index (χ4v) is 2.43. The lowest BCUT2D eigenvalue weighted by molar-refractivity contribution is 0.616. The van der Waals surface area contributed by atoms with Gasteiger partial charge in [-0.05, 0) is 12.0 Å². The number of nitrogens with one attached hydrogen (secondary N) is 1. The number of aromatic nitrogens is 2. The average Bonchev–Trinajstić information content (AvgIpc) is 3.02. The Morgan fingerprint density at radius 2 is 2.16 bits per heavy atom. The van der Waals surface area contributed by atoms with Crippen molar-refractivity contribution in [1.29, 1.82) is 0 Å². The van der Waals surface area contributed by atoms with Crippen molar-refractivity contribution in [3.63, 3.8) is 0 Å². The van der Waals surface area contributed by atoms with E-state index in [0.717, 1.165) is 34.0 Å². The number of benzene rings is 1. The molecule has 3 aromatic rings. The number of anilines is 1. The number of fused-ring (bicyclic) bond motifs is 1. The molecule has 1 N–H and O–H groups in total. The lowest BCUT2D eigenvalue weighted by atomic mass is 10.2. The van der Waals surface area contributed by atoms with Gasteiger partial charge in [-0.15, -0.1) is 0 Å². The van der Waals surface area contributed by atoms with Gasteiger partial charge in [0, 0.05) is 23.5 Å². The van der Waals surface area contributed by atoms with Crippen molar-refractivity contribution in [1.82, 2.24) is 9.36 Å². The Kier molecular flexibility index (Phi) is 3.21. The van der Waals surface area contributed by atoms with Crippen LogP contribution in [0.3, 0.4) is 0 Å². The third-order valence-corrected chi connectivity index (χ3v) is 3.48. The summed E-state index contributed by atoms with van der Waals surface area (Å²) in [4.78, 5) is 4.51. The van der Waals surface area contributed by atoms with E-state index in [2.05, 4.69) is 28.5 Å². The van der Waals surface area contributed by atoms with Crippen LogP contribution in [0.5, 0.6) is 0 Å². The second-order valence-electron chi connectivity index (χ2n) is 4.84. The summed E-state index contributed by atoms with van der Waals surface area (Å²) < 4.78 is 9.91. The zero-order chi connectivity index (χ0) is 13.2. The minimum atomic E-state index is 0.585. The summed E-state index contributed by atoms with van der Waals surface area (Å²) >= 11 is 1.38. The van der Waals surface area contributed by atoms with E-state index in [-0.39, 0.29) is 0 Å². The van der Waals surface area contributed by atoms with E-state index in [9.17, 15) is 0 Å². The Balaban J connectivity index is 1.90. The quantitative estimate of drug-likeness (QED) is 0.780. The highest BCUT2D eigenvalue weighted by Gasteiger charge is 2.12. The van der Waals surface area contributed by atoms with Crippen molar-refractivity contribution in [3.8, 4) is 11.4 Å². The van der Waals surface area contributed by atoms with E-state index in [1.54, 1.807) is 6.26 Å². The maximum Gasteiger partial charge on any atom is 0.202 e. The normalized spacial score (nSPS) is 11.3. The molecule has 0 atom stereocenters. The molecular weight excluding hydrogens is 258 g/mol. The molecule has 0 aliphatic rings. The number of nitrogens with zero attached hydrogens (tertiary/aromatic N) is 2.